The van der Waals surface area contributed by atoms with Crippen LogP contribution in [0, 0.1) is 0 Å². The summed E-state index contributed by atoms with van der Waals surface area (Å²) in [7, 11) is 2.52. The third-order valence-corrected chi connectivity index (χ3v) is 3.26. The van der Waals surface area contributed by atoms with E-state index in [0.717, 1.165) is 11.6 Å². The Bertz CT molecular complexity index is 717. The monoisotopic (exact) mass is 326 g/mol. The second kappa shape index (κ2) is 8.53. The average Bonchev–Trinajstić information content (AvgIpc) is 2.64. The molecule has 0 saturated carbocycles. The minimum absolute atomic E-state index is 0.146. The van der Waals surface area contributed by atoms with E-state index >= 15 is 0 Å². The smallest absolute Gasteiger partial charge is 0.373 e. The summed E-state index contributed by atoms with van der Waals surface area (Å²) in [5.41, 5.74) is 1.48. The average molecular weight is 326 g/mol. The fourth-order valence-electron chi connectivity index (χ4n) is 1.96. The van der Waals surface area contributed by atoms with Crippen molar-refractivity contribution < 1.29 is 23.8 Å². The summed E-state index contributed by atoms with van der Waals surface area (Å²) in [5.74, 6) is -0.549. The molecule has 5 heteroatoms. The topological polar surface area (TPSA) is 61.8 Å². The first kappa shape index (κ1) is 17.3. The molecule has 2 aromatic carbocycles. The van der Waals surface area contributed by atoms with Crippen LogP contribution < -0.4 is 4.74 Å². The van der Waals surface area contributed by atoms with E-state index in [1.54, 1.807) is 24.3 Å². The molecule has 0 aromatic heterocycles. The van der Waals surface area contributed by atoms with Gasteiger partial charge in [-0.05, 0) is 29.8 Å². The van der Waals surface area contributed by atoms with Crippen LogP contribution in [0.4, 0.5) is 0 Å². The molecule has 0 heterocycles. The molecule has 0 saturated heterocycles. The van der Waals surface area contributed by atoms with E-state index in [-0.39, 0.29) is 11.5 Å². The maximum Gasteiger partial charge on any atom is 0.373 e. The van der Waals surface area contributed by atoms with Crippen LogP contribution in [-0.2, 0) is 20.9 Å². The summed E-state index contributed by atoms with van der Waals surface area (Å²) in [6, 6.07) is 16.4. The molecule has 2 aromatic rings. The Morgan fingerprint density at radius 3 is 2.17 bits per heavy atom. The van der Waals surface area contributed by atoms with Gasteiger partial charge in [0.1, 0.15) is 12.4 Å². The third kappa shape index (κ3) is 4.71. The summed E-state index contributed by atoms with van der Waals surface area (Å²) >= 11 is 0. The van der Waals surface area contributed by atoms with Gasteiger partial charge in [0.25, 0.3) is 0 Å². The van der Waals surface area contributed by atoms with Gasteiger partial charge in [-0.2, -0.15) is 0 Å². The van der Waals surface area contributed by atoms with Gasteiger partial charge >= 0.3 is 5.97 Å². The molecule has 5 nitrogen and oxygen atoms in total. The first-order valence-electron chi connectivity index (χ1n) is 7.29. The van der Waals surface area contributed by atoms with Gasteiger partial charge in [0.05, 0.1) is 14.2 Å². The van der Waals surface area contributed by atoms with E-state index in [2.05, 4.69) is 4.74 Å². The van der Waals surface area contributed by atoms with Crippen molar-refractivity contribution in [2.45, 2.75) is 6.61 Å². The Morgan fingerprint density at radius 1 is 0.917 bits per heavy atom. The second-order valence-corrected chi connectivity index (χ2v) is 4.87. The molecule has 0 fully saturated rings. The van der Waals surface area contributed by atoms with Crippen LogP contribution in [-0.4, -0.2) is 26.0 Å². The zero-order valence-electron chi connectivity index (χ0n) is 13.5. The maximum atomic E-state index is 12.1. The van der Waals surface area contributed by atoms with E-state index in [4.69, 9.17) is 9.47 Å². The lowest BCUT2D eigenvalue weighted by atomic mass is 10.1. The van der Waals surface area contributed by atoms with Crippen LogP contribution in [0.3, 0.4) is 0 Å². The summed E-state index contributed by atoms with van der Waals surface area (Å²) in [6.45, 7) is 0.449. The molecule has 0 atom stereocenters. The Labute approximate surface area is 140 Å². The lowest BCUT2D eigenvalue weighted by molar-refractivity contribution is -0.139. The van der Waals surface area contributed by atoms with E-state index in [0.29, 0.717) is 17.9 Å². The number of carbonyl (C=O) groups excluding carboxylic acids is 2. The molecule has 0 radical (unpaired) electrons. The van der Waals surface area contributed by atoms with Crippen molar-refractivity contribution in [1.82, 2.24) is 0 Å². The zero-order chi connectivity index (χ0) is 17.4. The van der Waals surface area contributed by atoms with E-state index in [9.17, 15) is 9.59 Å². The lowest BCUT2D eigenvalue weighted by Gasteiger charge is -2.07. The molecular weight excluding hydrogens is 308 g/mol. The molecule has 0 unspecified atom stereocenters. The first-order valence-corrected chi connectivity index (χ1v) is 7.29. The predicted molar refractivity (Wildman–Crippen MR) is 88.7 cm³/mol. The minimum atomic E-state index is -0.700. The number of hydrogen-bond donors (Lipinski definition) is 0. The van der Waals surface area contributed by atoms with Gasteiger partial charge in [-0.1, -0.05) is 30.3 Å². The number of carbonyl (C=O) groups is 2. The predicted octanol–water partition coefficient (Wildman–Crippen LogP) is 3.15. The third-order valence-electron chi connectivity index (χ3n) is 3.26. The van der Waals surface area contributed by atoms with Crippen LogP contribution in [0.15, 0.2) is 66.4 Å². The van der Waals surface area contributed by atoms with Gasteiger partial charge in [-0.3, -0.25) is 4.79 Å². The summed E-state index contributed by atoms with van der Waals surface area (Å²) in [5, 5.41) is 0. The Kier molecular flexibility index (Phi) is 6.14. The highest BCUT2D eigenvalue weighted by molar-refractivity contribution is 6.08. The van der Waals surface area contributed by atoms with Crippen LogP contribution in [0.1, 0.15) is 15.9 Å². The molecule has 0 aliphatic heterocycles. The molecule has 0 aliphatic rings. The molecule has 124 valence electrons. The zero-order valence-corrected chi connectivity index (χ0v) is 13.5. The lowest BCUT2D eigenvalue weighted by Crippen LogP contribution is -2.09. The van der Waals surface area contributed by atoms with Gasteiger partial charge in [-0.25, -0.2) is 4.79 Å². The van der Waals surface area contributed by atoms with E-state index in [1.165, 1.54) is 14.2 Å². The van der Waals surface area contributed by atoms with Crippen molar-refractivity contribution in [3.8, 4) is 5.75 Å². The number of allylic oxidation sites excluding steroid dienone is 1. The van der Waals surface area contributed by atoms with Crippen LogP contribution in [0.5, 0.6) is 5.75 Å². The normalized spacial score (nSPS) is 10.8. The maximum absolute atomic E-state index is 12.1. The summed E-state index contributed by atoms with van der Waals surface area (Å²) in [6.07, 6.45) is 1.10. The highest BCUT2D eigenvalue weighted by atomic mass is 16.6. The van der Waals surface area contributed by atoms with Crippen LogP contribution >= 0.6 is 0 Å². The molecule has 2 rings (SSSR count). The van der Waals surface area contributed by atoms with Crippen molar-refractivity contribution >= 4 is 11.8 Å². The number of benzene rings is 2. The Balaban J connectivity index is 2.02. The second-order valence-electron chi connectivity index (χ2n) is 4.87. The number of ketones is 1. The fourth-order valence-corrected chi connectivity index (χ4v) is 1.96. The minimum Gasteiger partial charge on any atom is -0.490 e. The molecular formula is C19H18O5. The summed E-state index contributed by atoms with van der Waals surface area (Å²) in [4.78, 5) is 23.5. The Hall–Kier alpha value is -3.08. The fraction of sp³-hybridized carbons (Fsp3) is 0.158. The first-order chi connectivity index (χ1) is 11.6. The number of esters is 1. The number of rotatable bonds is 7. The Morgan fingerprint density at radius 2 is 1.58 bits per heavy atom. The highest BCUT2D eigenvalue weighted by Crippen LogP contribution is 2.15. The van der Waals surface area contributed by atoms with E-state index < -0.39 is 5.97 Å². The summed E-state index contributed by atoms with van der Waals surface area (Å²) < 4.78 is 15.0. The number of ether oxygens (including phenoxy) is 3. The van der Waals surface area contributed by atoms with Crippen molar-refractivity contribution in [2.75, 3.05) is 14.2 Å². The van der Waals surface area contributed by atoms with Gasteiger partial charge in [0, 0.05) is 11.6 Å². The van der Waals surface area contributed by atoms with Crippen molar-refractivity contribution in [1.29, 1.82) is 0 Å². The molecule has 24 heavy (non-hydrogen) atoms. The van der Waals surface area contributed by atoms with Crippen molar-refractivity contribution in [2.24, 2.45) is 0 Å². The SMILES string of the molecule is COC(=O)/C(=C/C(=O)c1ccc(OCc2ccccc2)cc1)OC. The van der Waals surface area contributed by atoms with Gasteiger partial charge < -0.3 is 14.2 Å². The molecule has 0 amide bonds. The molecule has 0 spiro atoms. The van der Waals surface area contributed by atoms with Crippen LogP contribution in [0.2, 0.25) is 0 Å². The largest absolute Gasteiger partial charge is 0.490 e. The van der Waals surface area contributed by atoms with Crippen molar-refractivity contribution in [3.63, 3.8) is 0 Å². The highest BCUT2D eigenvalue weighted by Gasteiger charge is 2.13. The van der Waals surface area contributed by atoms with Gasteiger partial charge in [0.2, 0.25) is 5.76 Å². The number of hydrogen-bond acceptors (Lipinski definition) is 5. The van der Waals surface area contributed by atoms with Gasteiger partial charge in [-0.15, -0.1) is 0 Å². The molecule has 0 aliphatic carbocycles. The molecule has 0 bridgehead atoms. The van der Waals surface area contributed by atoms with Crippen LogP contribution in [0.25, 0.3) is 0 Å². The van der Waals surface area contributed by atoms with Gasteiger partial charge in [0.15, 0.2) is 5.78 Å². The number of methoxy groups -OCH3 is 2. The standard InChI is InChI=1S/C19H18O5/c1-22-18(19(21)23-2)12-17(20)15-8-10-16(11-9-15)24-13-14-6-4-3-5-7-14/h3-12H,13H2,1-2H3/b18-12-. The van der Waals surface area contributed by atoms with E-state index in [1.807, 2.05) is 30.3 Å². The van der Waals surface area contributed by atoms with Crippen molar-refractivity contribution in [3.05, 3.63) is 77.6 Å². The molecule has 0 N–H and O–H groups in total. The quantitative estimate of drug-likeness (QED) is 0.338.